The molecular formula is C14H17N5O2S2. The molecule has 1 aromatic heterocycles. The zero-order valence-corrected chi connectivity index (χ0v) is 14.0. The Kier molecular flexibility index (Phi) is 4.99. The lowest BCUT2D eigenvalue weighted by atomic mass is 9.98. The first-order valence-electron chi connectivity index (χ1n) is 7.42. The number of thiocarbonyl (C=S) groups is 1. The van der Waals surface area contributed by atoms with Crippen molar-refractivity contribution in [3.8, 4) is 0 Å². The van der Waals surface area contributed by atoms with Crippen molar-refractivity contribution in [1.82, 2.24) is 15.6 Å². The van der Waals surface area contributed by atoms with E-state index < -0.39 is 4.92 Å². The highest BCUT2D eigenvalue weighted by Crippen LogP contribution is 2.29. The normalized spacial score (nSPS) is 15.5. The molecule has 2 heterocycles. The smallest absolute Gasteiger partial charge is 0.270 e. The van der Waals surface area contributed by atoms with Crippen LogP contribution in [0.25, 0.3) is 10.2 Å². The van der Waals surface area contributed by atoms with Gasteiger partial charge in [0.1, 0.15) is 0 Å². The zero-order chi connectivity index (χ0) is 16.2. The molecule has 0 aliphatic carbocycles. The molecule has 0 atom stereocenters. The van der Waals surface area contributed by atoms with Gasteiger partial charge in [0.05, 0.1) is 15.1 Å². The van der Waals surface area contributed by atoms with Crippen molar-refractivity contribution in [3.05, 3.63) is 28.3 Å². The first-order valence-corrected chi connectivity index (χ1v) is 8.65. The molecule has 1 aliphatic rings. The molecule has 0 radical (unpaired) electrons. The van der Waals surface area contributed by atoms with Crippen LogP contribution in [0.15, 0.2) is 18.2 Å². The highest BCUT2D eigenvalue weighted by Gasteiger charge is 2.14. The van der Waals surface area contributed by atoms with Crippen LogP contribution in [-0.2, 0) is 0 Å². The van der Waals surface area contributed by atoms with E-state index in [9.17, 15) is 10.1 Å². The summed E-state index contributed by atoms with van der Waals surface area (Å²) in [7, 11) is 0. The van der Waals surface area contributed by atoms with Gasteiger partial charge >= 0.3 is 0 Å². The van der Waals surface area contributed by atoms with E-state index in [1.54, 1.807) is 6.07 Å². The van der Waals surface area contributed by atoms with Gasteiger partial charge in [-0.05, 0) is 50.1 Å². The minimum Gasteiger partial charge on any atom is -0.362 e. The Hall–Kier alpha value is -1.84. The Bertz CT molecular complexity index is 727. The quantitative estimate of drug-likeness (QED) is 0.443. The standard InChI is InChI=1S/C14H17N5O2S2/c20-19(21)10-1-2-11-12(7-10)23-14(17-11)18-13(22)16-8-9-3-5-15-6-4-9/h1-2,7,9,15H,3-6,8H2,(H2,16,17,18,22). The summed E-state index contributed by atoms with van der Waals surface area (Å²) in [5.41, 5.74) is 0.795. The third-order valence-electron chi connectivity index (χ3n) is 3.81. The maximum Gasteiger partial charge on any atom is 0.270 e. The molecule has 2 aromatic rings. The topological polar surface area (TPSA) is 92.1 Å². The summed E-state index contributed by atoms with van der Waals surface area (Å²) >= 11 is 6.65. The van der Waals surface area contributed by atoms with Gasteiger partial charge in [-0.3, -0.25) is 10.1 Å². The molecule has 9 heteroatoms. The number of hydrogen-bond acceptors (Lipinski definition) is 6. The number of nitro benzene ring substituents is 1. The number of non-ortho nitro benzene ring substituents is 1. The van der Waals surface area contributed by atoms with Crippen LogP contribution < -0.4 is 16.0 Å². The molecule has 0 unspecified atom stereocenters. The van der Waals surface area contributed by atoms with Gasteiger partial charge in [0.25, 0.3) is 5.69 Å². The molecule has 3 rings (SSSR count). The number of rotatable bonds is 4. The molecule has 7 nitrogen and oxygen atoms in total. The molecule has 0 amide bonds. The minimum absolute atomic E-state index is 0.0688. The van der Waals surface area contributed by atoms with E-state index in [1.807, 2.05) is 0 Å². The number of aromatic nitrogens is 1. The van der Waals surface area contributed by atoms with Crippen LogP contribution in [0.3, 0.4) is 0 Å². The van der Waals surface area contributed by atoms with Crippen molar-refractivity contribution in [2.24, 2.45) is 5.92 Å². The molecule has 122 valence electrons. The molecule has 1 aromatic carbocycles. The number of thiazole rings is 1. The summed E-state index contributed by atoms with van der Waals surface area (Å²) in [5, 5.41) is 21.6. The maximum absolute atomic E-state index is 10.8. The highest BCUT2D eigenvalue weighted by atomic mass is 32.1. The second-order valence-electron chi connectivity index (χ2n) is 5.46. The number of benzene rings is 1. The van der Waals surface area contributed by atoms with Gasteiger partial charge in [0.15, 0.2) is 10.2 Å². The Morgan fingerprint density at radius 3 is 3.00 bits per heavy atom. The van der Waals surface area contributed by atoms with Crippen LogP contribution in [0.1, 0.15) is 12.8 Å². The third kappa shape index (κ3) is 4.12. The van der Waals surface area contributed by atoms with Crippen LogP contribution in [0.4, 0.5) is 10.8 Å². The fourth-order valence-electron chi connectivity index (χ4n) is 2.54. The van der Waals surface area contributed by atoms with Crippen LogP contribution in [-0.4, -0.2) is 34.7 Å². The van der Waals surface area contributed by atoms with Gasteiger partial charge in [-0.2, -0.15) is 0 Å². The van der Waals surface area contributed by atoms with Gasteiger partial charge in [-0.25, -0.2) is 4.98 Å². The van der Waals surface area contributed by atoms with E-state index >= 15 is 0 Å². The largest absolute Gasteiger partial charge is 0.362 e. The van der Waals surface area contributed by atoms with Crippen LogP contribution in [0.5, 0.6) is 0 Å². The number of anilines is 1. The zero-order valence-electron chi connectivity index (χ0n) is 12.4. The van der Waals surface area contributed by atoms with Crippen LogP contribution >= 0.6 is 23.6 Å². The van der Waals surface area contributed by atoms with E-state index in [-0.39, 0.29) is 5.69 Å². The number of nitrogens with zero attached hydrogens (tertiary/aromatic N) is 2. The molecule has 0 saturated carbocycles. The van der Waals surface area contributed by atoms with Crippen molar-refractivity contribution in [2.75, 3.05) is 25.0 Å². The van der Waals surface area contributed by atoms with Crippen molar-refractivity contribution in [3.63, 3.8) is 0 Å². The Morgan fingerprint density at radius 2 is 2.26 bits per heavy atom. The summed E-state index contributed by atoms with van der Waals surface area (Å²) in [6.07, 6.45) is 2.31. The van der Waals surface area contributed by atoms with Crippen LogP contribution in [0.2, 0.25) is 0 Å². The summed E-state index contributed by atoms with van der Waals surface area (Å²) in [4.78, 5) is 14.8. The van der Waals surface area contributed by atoms with Gasteiger partial charge in [-0.15, -0.1) is 0 Å². The molecule has 1 aliphatic heterocycles. The third-order valence-corrected chi connectivity index (χ3v) is 4.99. The molecule has 1 saturated heterocycles. The van der Waals surface area contributed by atoms with Gasteiger partial charge in [-0.1, -0.05) is 11.3 Å². The second-order valence-corrected chi connectivity index (χ2v) is 6.90. The number of fused-ring (bicyclic) bond motifs is 1. The van der Waals surface area contributed by atoms with Crippen molar-refractivity contribution in [2.45, 2.75) is 12.8 Å². The monoisotopic (exact) mass is 351 g/mol. The lowest BCUT2D eigenvalue weighted by molar-refractivity contribution is -0.384. The number of hydrogen-bond donors (Lipinski definition) is 3. The van der Waals surface area contributed by atoms with E-state index in [4.69, 9.17) is 12.2 Å². The minimum atomic E-state index is -0.405. The van der Waals surface area contributed by atoms with Gasteiger partial charge in [0.2, 0.25) is 0 Å². The lowest BCUT2D eigenvalue weighted by Crippen LogP contribution is -2.37. The molecule has 0 spiro atoms. The summed E-state index contributed by atoms with van der Waals surface area (Å²) in [6.45, 7) is 2.97. The van der Waals surface area contributed by atoms with E-state index in [0.717, 1.165) is 42.7 Å². The Balaban J connectivity index is 1.59. The summed E-state index contributed by atoms with van der Waals surface area (Å²) < 4.78 is 0.767. The van der Waals surface area contributed by atoms with Crippen LogP contribution in [0, 0.1) is 16.0 Å². The van der Waals surface area contributed by atoms with Gasteiger partial charge < -0.3 is 16.0 Å². The number of piperidine rings is 1. The summed E-state index contributed by atoms with van der Waals surface area (Å²) in [6, 6.07) is 4.64. The van der Waals surface area contributed by atoms with Crippen molar-refractivity contribution in [1.29, 1.82) is 0 Å². The average Bonchev–Trinajstić information content (AvgIpc) is 2.95. The fourth-order valence-corrected chi connectivity index (χ4v) is 3.69. The Morgan fingerprint density at radius 1 is 1.48 bits per heavy atom. The molecule has 0 bridgehead atoms. The summed E-state index contributed by atoms with van der Waals surface area (Å²) in [5.74, 6) is 0.633. The first kappa shape index (κ1) is 16.0. The molecular weight excluding hydrogens is 334 g/mol. The molecule has 3 N–H and O–H groups in total. The number of nitrogens with one attached hydrogen (secondary N) is 3. The van der Waals surface area contributed by atoms with Crippen molar-refractivity contribution >= 4 is 49.7 Å². The van der Waals surface area contributed by atoms with E-state index in [2.05, 4.69) is 20.9 Å². The molecule has 1 fully saturated rings. The molecule has 23 heavy (non-hydrogen) atoms. The van der Waals surface area contributed by atoms with E-state index in [1.165, 1.54) is 23.5 Å². The Labute approximate surface area is 142 Å². The fraction of sp³-hybridized carbons (Fsp3) is 0.429. The van der Waals surface area contributed by atoms with E-state index in [0.29, 0.717) is 16.2 Å². The average molecular weight is 351 g/mol. The first-order chi connectivity index (χ1) is 11.1. The highest BCUT2D eigenvalue weighted by molar-refractivity contribution is 7.80. The second kappa shape index (κ2) is 7.16. The lowest BCUT2D eigenvalue weighted by Gasteiger charge is -2.23. The predicted molar refractivity (Wildman–Crippen MR) is 96.1 cm³/mol. The predicted octanol–water partition coefficient (Wildman–Crippen LogP) is 2.49. The SMILES string of the molecule is O=[N+]([O-])c1ccc2nc(NC(=S)NCC3CCNCC3)sc2c1. The van der Waals surface area contributed by atoms with Crippen molar-refractivity contribution < 1.29 is 4.92 Å². The van der Waals surface area contributed by atoms with Gasteiger partial charge in [0, 0.05) is 18.7 Å². The maximum atomic E-state index is 10.8. The number of nitro groups is 1.